The highest BCUT2D eigenvalue weighted by Gasteiger charge is 2.27. The first-order valence-corrected chi connectivity index (χ1v) is 11.7. The van der Waals surface area contributed by atoms with E-state index in [0.29, 0.717) is 24.1 Å². The number of hydrogen-bond donors (Lipinski definition) is 0. The molecule has 0 saturated heterocycles. The molecule has 0 atom stereocenters. The number of amides is 1. The molecule has 0 unspecified atom stereocenters. The van der Waals surface area contributed by atoms with Gasteiger partial charge in [0, 0.05) is 24.4 Å². The monoisotopic (exact) mass is 403 g/mol. The van der Waals surface area contributed by atoms with Gasteiger partial charge in [-0.05, 0) is 54.7 Å². The lowest BCUT2D eigenvalue weighted by Gasteiger charge is -2.29. The number of carbonyl (C=O) groups is 1. The molecule has 0 aromatic heterocycles. The molecular formula is C22H26FNO3S. The molecule has 1 saturated carbocycles. The topological polar surface area (TPSA) is 54.5 Å². The molecule has 150 valence electrons. The second-order valence-electron chi connectivity index (χ2n) is 7.58. The number of carbonyl (C=O) groups excluding carboxylic acids is 1. The van der Waals surface area contributed by atoms with Crippen molar-refractivity contribution in [1.82, 2.24) is 4.90 Å². The van der Waals surface area contributed by atoms with Crippen molar-refractivity contribution < 1.29 is 17.6 Å². The van der Waals surface area contributed by atoms with Crippen LogP contribution in [0.1, 0.15) is 47.2 Å². The van der Waals surface area contributed by atoms with Crippen LogP contribution in [0.25, 0.3) is 0 Å². The Kier molecular flexibility index (Phi) is 6.50. The van der Waals surface area contributed by atoms with Crippen LogP contribution in [0.4, 0.5) is 4.39 Å². The third kappa shape index (κ3) is 5.64. The van der Waals surface area contributed by atoms with Gasteiger partial charge in [0.25, 0.3) is 5.91 Å². The summed E-state index contributed by atoms with van der Waals surface area (Å²) in [5, 5.41) is 0. The highest BCUT2D eigenvalue weighted by Crippen LogP contribution is 2.25. The molecule has 6 heteroatoms. The normalized spacial score (nSPS) is 14.9. The van der Waals surface area contributed by atoms with E-state index in [2.05, 4.69) is 0 Å². The molecule has 2 aromatic rings. The van der Waals surface area contributed by atoms with Crippen LogP contribution in [0, 0.1) is 5.82 Å². The maximum absolute atomic E-state index is 13.2. The smallest absolute Gasteiger partial charge is 0.254 e. The summed E-state index contributed by atoms with van der Waals surface area (Å²) in [6.45, 7) is 0.561. The summed E-state index contributed by atoms with van der Waals surface area (Å²) in [7, 11) is -3.16. The van der Waals surface area contributed by atoms with Gasteiger partial charge >= 0.3 is 0 Å². The summed E-state index contributed by atoms with van der Waals surface area (Å²) in [4.78, 5) is 15.2. The first kappa shape index (κ1) is 20.5. The van der Waals surface area contributed by atoms with Gasteiger partial charge in [-0.25, -0.2) is 12.8 Å². The lowest BCUT2D eigenvalue weighted by Crippen LogP contribution is -2.40. The van der Waals surface area contributed by atoms with E-state index in [1.54, 1.807) is 36.4 Å². The van der Waals surface area contributed by atoms with E-state index in [4.69, 9.17) is 0 Å². The van der Waals surface area contributed by atoms with Crippen molar-refractivity contribution >= 4 is 15.7 Å². The maximum atomic E-state index is 13.2. The molecule has 3 rings (SSSR count). The average molecular weight is 404 g/mol. The summed E-state index contributed by atoms with van der Waals surface area (Å²) in [5.41, 5.74) is 2.13. The van der Waals surface area contributed by atoms with Crippen LogP contribution < -0.4 is 0 Å². The van der Waals surface area contributed by atoms with Gasteiger partial charge in [-0.1, -0.05) is 37.1 Å². The number of hydrogen-bond acceptors (Lipinski definition) is 3. The van der Waals surface area contributed by atoms with Crippen LogP contribution in [0.2, 0.25) is 0 Å². The highest BCUT2D eigenvalue weighted by molar-refractivity contribution is 7.89. The first-order valence-electron chi connectivity index (χ1n) is 9.64. The Balaban J connectivity index is 1.78. The second kappa shape index (κ2) is 8.86. The lowest BCUT2D eigenvalue weighted by atomic mass is 10.1. The van der Waals surface area contributed by atoms with Crippen molar-refractivity contribution in [3.8, 4) is 0 Å². The Bertz CT molecular complexity index is 919. The molecule has 28 heavy (non-hydrogen) atoms. The van der Waals surface area contributed by atoms with Crippen molar-refractivity contribution in [2.45, 2.75) is 43.9 Å². The van der Waals surface area contributed by atoms with Crippen molar-refractivity contribution in [2.24, 2.45) is 0 Å². The number of halogens is 1. The molecule has 1 amide bonds. The predicted molar refractivity (Wildman–Crippen MR) is 108 cm³/mol. The van der Waals surface area contributed by atoms with Gasteiger partial charge in [-0.2, -0.15) is 0 Å². The summed E-state index contributed by atoms with van der Waals surface area (Å²) in [5.74, 6) is -0.410. The van der Waals surface area contributed by atoms with Gasteiger partial charge in [-0.3, -0.25) is 4.79 Å². The Labute approximate surface area is 166 Å². The summed E-state index contributed by atoms with van der Waals surface area (Å²) in [6.07, 6.45) is 6.04. The Morgan fingerprint density at radius 2 is 1.75 bits per heavy atom. The van der Waals surface area contributed by atoms with E-state index >= 15 is 0 Å². The van der Waals surface area contributed by atoms with Crippen molar-refractivity contribution in [3.63, 3.8) is 0 Å². The van der Waals surface area contributed by atoms with Crippen LogP contribution >= 0.6 is 0 Å². The molecule has 1 aliphatic carbocycles. The Morgan fingerprint density at radius 1 is 1.07 bits per heavy atom. The zero-order valence-electron chi connectivity index (χ0n) is 16.1. The van der Waals surface area contributed by atoms with Gasteiger partial charge in [0.05, 0.1) is 5.75 Å². The Hall–Kier alpha value is -2.21. The SMILES string of the molecule is CS(=O)(=O)Cc1cccc(C(=O)N(CCc2ccc(F)cc2)C2CCCC2)c1. The van der Waals surface area contributed by atoms with Gasteiger partial charge in [0.1, 0.15) is 5.82 Å². The summed E-state index contributed by atoms with van der Waals surface area (Å²) < 4.78 is 36.3. The van der Waals surface area contributed by atoms with Crippen LogP contribution in [0.3, 0.4) is 0 Å². The van der Waals surface area contributed by atoms with E-state index < -0.39 is 9.84 Å². The minimum atomic E-state index is -3.16. The van der Waals surface area contributed by atoms with Crippen molar-refractivity contribution in [3.05, 3.63) is 71.0 Å². The molecule has 1 fully saturated rings. The van der Waals surface area contributed by atoms with Crippen LogP contribution in [0.5, 0.6) is 0 Å². The molecule has 0 radical (unpaired) electrons. The molecule has 2 aromatic carbocycles. The molecule has 0 N–H and O–H groups in total. The average Bonchev–Trinajstić information content (AvgIpc) is 3.16. The van der Waals surface area contributed by atoms with Crippen LogP contribution in [0.15, 0.2) is 48.5 Å². The molecule has 0 aliphatic heterocycles. The third-order valence-corrected chi connectivity index (χ3v) is 6.04. The molecular weight excluding hydrogens is 377 g/mol. The van der Waals surface area contributed by atoms with E-state index in [0.717, 1.165) is 31.2 Å². The maximum Gasteiger partial charge on any atom is 0.254 e. The summed E-state index contributed by atoms with van der Waals surface area (Å²) in [6, 6.07) is 13.5. The number of benzene rings is 2. The van der Waals surface area contributed by atoms with Gasteiger partial charge in [0.15, 0.2) is 9.84 Å². The van der Waals surface area contributed by atoms with E-state index in [-0.39, 0.29) is 23.5 Å². The minimum Gasteiger partial charge on any atom is -0.335 e. The number of sulfone groups is 1. The highest BCUT2D eigenvalue weighted by atomic mass is 32.2. The fourth-order valence-corrected chi connectivity index (χ4v) is 4.61. The van der Waals surface area contributed by atoms with Crippen LogP contribution in [-0.4, -0.2) is 38.1 Å². The van der Waals surface area contributed by atoms with Gasteiger partial charge < -0.3 is 4.90 Å². The standard InChI is InChI=1S/C22H26FNO3S/c1-28(26,27)16-18-5-4-6-19(15-18)22(25)24(21-7-2-3-8-21)14-13-17-9-11-20(23)12-10-17/h4-6,9-12,15,21H,2-3,7-8,13-14,16H2,1H3. The zero-order valence-corrected chi connectivity index (χ0v) is 16.9. The van der Waals surface area contributed by atoms with Gasteiger partial charge in [-0.15, -0.1) is 0 Å². The van der Waals surface area contributed by atoms with Crippen molar-refractivity contribution in [2.75, 3.05) is 12.8 Å². The molecule has 1 aliphatic rings. The molecule has 4 nitrogen and oxygen atoms in total. The molecule has 0 spiro atoms. The second-order valence-corrected chi connectivity index (χ2v) is 9.72. The number of rotatable bonds is 7. The van der Waals surface area contributed by atoms with E-state index in [1.165, 1.54) is 18.4 Å². The van der Waals surface area contributed by atoms with E-state index in [1.807, 2.05) is 4.90 Å². The fourth-order valence-electron chi connectivity index (χ4n) is 3.83. The van der Waals surface area contributed by atoms with E-state index in [9.17, 15) is 17.6 Å². The quantitative estimate of drug-likeness (QED) is 0.702. The number of nitrogens with zero attached hydrogens (tertiary/aromatic N) is 1. The predicted octanol–water partition coefficient (Wildman–Crippen LogP) is 4.00. The first-order chi connectivity index (χ1) is 13.3. The minimum absolute atomic E-state index is 0.0654. The molecule has 0 bridgehead atoms. The van der Waals surface area contributed by atoms with Gasteiger partial charge in [0.2, 0.25) is 0 Å². The third-order valence-electron chi connectivity index (χ3n) is 5.18. The zero-order chi connectivity index (χ0) is 20.1. The van der Waals surface area contributed by atoms with Crippen molar-refractivity contribution in [1.29, 1.82) is 0 Å². The summed E-state index contributed by atoms with van der Waals surface area (Å²) >= 11 is 0. The fraction of sp³-hybridized carbons (Fsp3) is 0.409. The lowest BCUT2D eigenvalue weighted by molar-refractivity contribution is 0.0684. The largest absolute Gasteiger partial charge is 0.335 e. The van der Waals surface area contributed by atoms with Crippen LogP contribution in [-0.2, 0) is 22.0 Å². The Morgan fingerprint density at radius 3 is 2.39 bits per heavy atom. The molecule has 0 heterocycles.